The molecule has 0 bridgehead atoms. The number of likely N-dealkylation sites (tertiary alicyclic amines) is 1. The number of carbonyl (C=O) groups is 1. The Morgan fingerprint density at radius 3 is 2.60 bits per heavy atom. The highest BCUT2D eigenvalue weighted by Gasteiger charge is 2.50. The van der Waals surface area contributed by atoms with Crippen molar-refractivity contribution >= 4 is 17.6 Å². The van der Waals surface area contributed by atoms with E-state index in [-0.39, 0.29) is 22.9 Å². The van der Waals surface area contributed by atoms with Gasteiger partial charge in [0.1, 0.15) is 18.0 Å². The van der Waals surface area contributed by atoms with Crippen LogP contribution < -0.4 is 10.1 Å². The minimum Gasteiger partial charge on any atom is -0.463 e. The number of rotatable bonds is 6. The lowest BCUT2D eigenvalue weighted by molar-refractivity contribution is -0.0986. The summed E-state index contributed by atoms with van der Waals surface area (Å²) >= 11 is 1.05. The number of nitrogens with one attached hydrogen (secondary N) is 1. The average molecular weight is 511 g/mol. The van der Waals surface area contributed by atoms with Crippen molar-refractivity contribution in [3.8, 4) is 5.19 Å². The van der Waals surface area contributed by atoms with E-state index in [0.717, 1.165) is 24.4 Å². The van der Waals surface area contributed by atoms with E-state index in [1.807, 2.05) is 13.8 Å². The molecule has 0 spiro atoms. The van der Waals surface area contributed by atoms with Gasteiger partial charge in [0.05, 0.1) is 0 Å². The van der Waals surface area contributed by atoms with Crippen LogP contribution in [0.25, 0.3) is 0 Å². The van der Waals surface area contributed by atoms with Gasteiger partial charge in [0.15, 0.2) is 5.82 Å². The molecule has 1 N–H and O–H groups in total. The number of nitrogens with zero attached hydrogens (tertiary/aromatic N) is 5. The highest BCUT2D eigenvalue weighted by molar-refractivity contribution is 7.07. The Hall–Kier alpha value is -2.37. The van der Waals surface area contributed by atoms with Crippen molar-refractivity contribution in [1.29, 1.82) is 0 Å². The number of ether oxygens (including phenoxy) is 1. The Bertz CT molecular complexity index is 1050. The molecule has 2 aliphatic carbocycles. The Balaban J connectivity index is 1.22. The van der Waals surface area contributed by atoms with E-state index in [9.17, 15) is 13.6 Å². The van der Waals surface area contributed by atoms with E-state index in [4.69, 9.17) is 9.26 Å². The lowest BCUT2D eigenvalue weighted by Gasteiger charge is -2.41. The second-order valence-corrected chi connectivity index (χ2v) is 11.3. The predicted molar refractivity (Wildman–Crippen MR) is 124 cm³/mol. The molecule has 0 aromatic carbocycles. The Labute approximate surface area is 207 Å². The van der Waals surface area contributed by atoms with Crippen molar-refractivity contribution in [2.24, 2.45) is 0 Å². The lowest BCUT2D eigenvalue weighted by Crippen LogP contribution is -2.61. The number of piperidine rings is 1. The minimum atomic E-state index is -3.07. The van der Waals surface area contributed by atoms with Crippen LogP contribution in [0.1, 0.15) is 95.1 Å². The van der Waals surface area contributed by atoms with E-state index in [1.54, 1.807) is 4.90 Å². The first-order chi connectivity index (χ1) is 16.6. The predicted octanol–water partition coefficient (Wildman–Crippen LogP) is 4.62. The SMILES string of the molecule is CC(C)c1nsc(O[C@H]2CCCC(F)(F)[C@@H]2NC(=O)N2CCC(C)(c3noc(C4CC4)n3)CC2)n1. The number of halogens is 2. The summed E-state index contributed by atoms with van der Waals surface area (Å²) < 4.78 is 45.4. The largest absolute Gasteiger partial charge is 0.463 e. The van der Waals surface area contributed by atoms with Crippen LogP contribution in [0.4, 0.5) is 13.6 Å². The van der Waals surface area contributed by atoms with Crippen LogP contribution in [0.15, 0.2) is 4.52 Å². The summed E-state index contributed by atoms with van der Waals surface area (Å²) in [6.07, 6.45) is 3.00. The fraction of sp³-hybridized carbons (Fsp3) is 0.783. The molecule has 2 atom stereocenters. The average Bonchev–Trinajstić information content (AvgIpc) is 3.33. The molecule has 3 aliphatic rings. The van der Waals surface area contributed by atoms with Gasteiger partial charge in [-0.2, -0.15) is 14.3 Å². The van der Waals surface area contributed by atoms with E-state index >= 15 is 0 Å². The van der Waals surface area contributed by atoms with Crippen LogP contribution in [-0.2, 0) is 5.41 Å². The third kappa shape index (κ3) is 5.12. The van der Waals surface area contributed by atoms with Crippen LogP contribution in [0.3, 0.4) is 0 Å². The number of amides is 2. The van der Waals surface area contributed by atoms with E-state index in [2.05, 4.69) is 31.7 Å². The van der Waals surface area contributed by atoms with Gasteiger partial charge in [-0.15, -0.1) is 0 Å². The third-order valence-corrected chi connectivity index (χ3v) is 7.98. The van der Waals surface area contributed by atoms with Crippen LogP contribution in [0.2, 0.25) is 0 Å². The maximum atomic E-state index is 14.9. The smallest absolute Gasteiger partial charge is 0.317 e. The fourth-order valence-electron chi connectivity index (χ4n) is 4.72. The van der Waals surface area contributed by atoms with Crippen molar-refractivity contribution in [2.75, 3.05) is 13.1 Å². The van der Waals surface area contributed by atoms with Crippen molar-refractivity contribution < 1.29 is 22.8 Å². The second kappa shape index (κ2) is 9.25. The maximum Gasteiger partial charge on any atom is 0.317 e. The van der Waals surface area contributed by atoms with E-state index in [0.29, 0.717) is 62.2 Å². The molecule has 1 saturated heterocycles. The van der Waals surface area contributed by atoms with Gasteiger partial charge in [-0.1, -0.05) is 25.9 Å². The quantitative estimate of drug-likeness (QED) is 0.604. The summed E-state index contributed by atoms with van der Waals surface area (Å²) in [5.41, 5.74) is -0.306. The van der Waals surface area contributed by atoms with Crippen LogP contribution in [0, 0.1) is 0 Å². The molecule has 9 nitrogen and oxygen atoms in total. The number of alkyl halides is 2. The van der Waals surface area contributed by atoms with Crippen molar-refractivity contribution in [1.82, 2.24) is 29.7 Å². The number of hydrogen-bond acceptors (Lipinski definition) is 8. The van der Waals surface area contributed by atoms with Gasteiger partial charge in [-0.05, 0) is 38.5 Å². The van der Waals surface area contributed by atoms with Gasteiger partial charge in [0, 0.05) is 48.3 Å². The number of urea groups is 1. The van der Waals surface area contributed by atoms with Crippen molar-refractivity contribution in [3.05, 3.63) is 17.5 Å². The van der Waals surface area contributed by atoms with Crippen LogP contribution in [-0.4, -0.2) is 61.6 Å². The molecular formula is C23H32F2N6O3S. The second-order valence-electron chi connectivity index (χ2n) is 10.6. The number of aromatic nitrogens is 4. The van der Waals surface area contributed by atoms with Gasteiger partial charge in [0.2, 0.25) is 5.89 Å². The molecule has 192 valence electrons. The van der Waals surface area contributed by atoms with Crippen LogP contribution >= 0.6 is 11.5 Å². The first kappa shape index (κ1) is 24.3. The zero-order valence-corrected chi connectivity index (χ0v) is 21.1. The first-order valence-electron chi connectivity index (χ1n) is 12.4. The van der Waals surface area contributed by atoms with Gasteiger partial charge in [-0.3, -0.25) is 0 Å². The normalized spacial score (nSPS) is 26.1. The van der Waals surface area contributed by atoms with Gasteiger partial charge >= 0.3 is 6.03 Å². The molecule has 3 fully saturated rings. The van der Waals surface area contributed by atoms with Crippen molar-refractivity contribution in [3.63, 3.8) is 0 Å². The lowest BCUT2D eigenvalue weighted by atomic mass is 9.79. The molecule has 1 aliphatic heterocycles. The molecule has 35 heavy (non-hydrogen) atoms. The Morgan fingerprint density at radius 2 is 1.94 bits per heavy atom. The van der Waals surface area contributed by atoms with Crippen LogP contribution in [0.5, 0.6) is 5.19 Å². The highest BCUT2D eigenvalue weighted by atomic mass is 32.1. The minimum absolute atomic E-state index is 0.115. The molecule has 3 heterocycles. The monoisotopic (exact) mass is 510 g/mol. The fourth-order valence-corrected chi connectivity index (χ4v) is 5.44. The van der Waals surface area contributed by atoms with Crippen molar-refractivity contribution in [2.45, 2.75) is 101 Å². The summed E-state index contributed by atoms with van der Waals surface area (Å²) in [4.78, 5) is 23.5. The van der Waals surface area contributed by atoms with E-state index in [1.165, 1.54) is 0 Å². The Kier molecular flexibility index (Phi) is 6.43. The third-order valence-electron chi connectivity index (χ3n) is 7.36. The van der Waals surface area contributed by atoms with Gasteiger partial charge in [-0.25, -0.2) is 13.6 Å². The zero-order valence-electron chi connectivity index (χ0n) is 20.3. The van der Waals surface area contributed by atoms with Gasteiger partial charge < -0.3 is 19.5 Å². The zero-order chi connectivity index (χ0) is 24.8. The summed E-state index contributed by atoms with van der Waals surface area (Å²) in [6, 6.07) is -1.93. The first-order valence-corrected chi connectivity index (χ1v) is 13.2. The molecule has 5 rings (SSSR count). The summed E-state index contributed by atoms with van der Waals surface area (Å²) in [7, 11) is 0. The summed E-state index contributed by atoms with van der Waals surface area (Å²) in [6.45, 7) is 6.83. The van der Waals surface area contributed by atoms with E-state index < -0.39 is 24.1 Å². The molecular weight excluding hydrogens is 478 g/mol. The molecule has 0 radical (unpaired) electrons. The number of carbonyl (C=O) groups excluding carboxylic acids is 1. The summed E-state index contributed by atoms with van der Waals surface area (Å²) in [5, 5.41) is 7.04. The molecule has 2 aromatic heterocycles. The standard InChI is InChI=1S/C23H32F2N6O3S/c1-13(2)17-27-21(35-30-17)33-15-5-4-8-23(24,25)16(15)26-20(32)31-11-9-22(3,10-12-31)19-28-18(34-29-19)14-6-7-14/h13-16H,4-12H2,1-3H3,(H,26,32)/t15-,16+/m0/s1. The molecule has 2 saturated carbocycles. The Morgan fingerprint density at radius 1 is 1.20 bits per heavy atom. The molecule has 0 unspecified atom stereocenters. The maximum absolute atomic E-state index is 14.9. The van der Waals surface area contributed by atoms with Gasteiger partial charge in [0.25, 0.3) is 11.1 Å². The highest BCUT2D eigenvalue weighted by Crippen LogP contribution is 2.41. The molecule has 2 aromatic rings. The molecule has 12 heteroatoms. The topological polar surface area (TPSA) is 106 Å². The number of hydrogen-bond donors (Lipinski definition) is 1. The molecule has 2 amide bonds. The summed E-state index contributed by atoms with van der Waals surface area (Å²) in [5.74, 6) is -0.583.